The minimum Gasteiger partial charge on any atom is -0.504 e. The van der Waals surface area contributed by atoms with Gasteiger partial charge in [-0.15, -0.1) is 0 Å². The molecule has 16 heavy (non-hydrogen) atoms. The Hall–Kier alpha value is -1.23. The molecule has 1 aromatic rings. The van der Waals surface area contributed by atoms with Crippen LogP contribution < -0.4 is 5.32 Å². The predicted octanol–water partition coefficient (Wildman–Crippen LogP) is 1.54. The van der Waals surface area contributed by atoms with Crippen molar-refractivity contribution in [2.24, 2.45) is 0 Å². The number of phenolic OH excluding ortho intramolecular Hbond substituents is 2. The van der Waals surface area contributed by atoms with Crippen LogP contribution in [0.15, 0.2) is 18.2 Å². The molecular weight excluding hydrogens is 274 g/mol. The highest BCUT2D eigenvalue weighted by Crippen LogP contribution is 2.24. The third-order valence-electron chi connectivity index (χ3n) is 2.11. The Kier molecular flexibility index (Phi) is 4.61. The van der Waals surface area contributed by atoms with Crippen LogP contribution in [-0.2, 0) is 11.2 Å². The van der Waals surface area contributed by atoms with Crippen molar-refractivity contribution in [3.05, 3.63) is 23.8 Å². The van der Waals surface area contributed by atoms with E-state index in [4.69, 9.17) is 5.11 Å². The van der Waals surface area contributed by atoms with Crippen molar-refractivity contribution in [3.63, 3.8) is 0 Å². The Morgan fingerprint density at radius 1 is 1.44 bits per heavy atom. The van der Waals surface area contributed by atoms with Gasteiger partial charge in [0.25, 0.3) is 0 Å². The lowest BCUT2D eigenvalue weighted by atomic mass is 10.1. The first kappa shape index (κ1) is 12.8. The van der Waals surface area contributed by atoms with Crippen molar-refractivity contribution >= 4 is 21.8 Å². The number of benzene rings is 1. The van der Waals surface area contributed by atoms with Gasteiger partial charge in [-0.3, -0.25) is 4.79 Å². The summed E-state index contributed by atoms with van der Waals surface area (Å²) in [7, 11) is 0. The molecule has 1 atom stereocenters. The number of rotatable bonds is 4. The standard InChI is InChI=1S/C11H14BrNO3/c1-7(12)11(16)13-5-4-8-2-3-9(14)10(15)6-8/h2-3,6-7,14-15H,4-5H2,1H3,(H,13,16). The van der Waals surface area contributed by atoms with E-state index in [-0.39, 0.29) is 22.2 Å². The largest absolute Gasteiger partial charge is 0.504 e. The molecule has 0 saturated carbocycles. The lowest BCUT2D eigenvalue weighted by Gasteiger charge is -2.07. The maximum absolute atomic E-state index is 11.2. The Labute approximate surface area is 102 Å². The summed E-state index contributed by atoms with van der Waals surface area (Å²) in [5, 5.41) is 21.1. The predicted molar refractivity (Wildman–Crippen MR) is 64.9 cm³/mol. The Bertz CT molecular complexity index is 379. The second kappa shape index (κ2) is 5.75. The Morgan fingerprint density at radius 3 is 2.69 bits per heavy atom. The second-order valence-corrected chi connectivity index (χ2v) is 4.85. The third-order valence-corrected chi connectivity index (χ3v) is 2.53. The van der Waals surface area contributed by atoms with Gasteiger partial charge in [0.2, 0.25) is 5.91 Å². The summed E-state index contributed by atoms with van der Waals surface area (Å²) in [5.74, 6) is -0.345. The van der Waals surface area contributed by atoms with Crippen LogP contribution in [0.5, 0.6) is 11.5 Å². The highest BCUT2D eigenvalue weighted by Gasteiger charge is 2.07. The average Bonchev–Trinajstić information content (AvgIpc) is 2.23. The molecule has 4 nitrogen and oxygen atoms in total. The van der Waals surface area contributed by atoms with E-state index in [0.29, 0.717) is 13.0 Å². The zero-order chi connectivity index (χ0) is 12.1. The average molecular weight is 288 g/mol. The van der Waals surface area contributed by atoms with E-state index in [1.54, 1.807) is 13.0 Å². The van der Waals surface area contributed by atoms with E-state index in [0.717, 1.165) is 5.56 Å². The first-order chi connectivity index (χ1) is 7.50. The van der Waals surface area contributed by atoms with Crippen molar-refractivity contribution in [2.45, 2.75) is 18.2 Å². The van der Waals surface area contributed by atoms with Gasteiger partial charge < -0.3 is 15.5 Å². The van der Waals surface area contributed by atoms with Crippen LogP contribution in [0.1, 0.15) is 12.5 Å². The van der Waals surface area contributed by atoms with Crippen molar-refractivity contribution in [1.82, 2.24) is 5.32 Å². The molecule has 88 valence electrons. The second-order valence-electron chi connectivity index (χ2n) is 3.48. The zero-order valence-corrected chi connectivity index (χ0v) is 10.5. The van der Waals surface area contributed by atoms with Gasteiger partial charge in [-0.2, -0.15) is 0 Å². The van der Waals surface area contributed by atoms with Crippen LogP contribution in [0.25, 0.3) is 0 Å². The number of carbonyl (C=O) groups excluding carboxylic acids is 1. The molecule has 1 aromatic carbocycles. The van der Waals surface area contributed by atoms with Gasteiger partial charge in [0, 0.05) is 6.54 Å². The fraction of sp³-hybridized carbons (Fsp3) is 0.364. The van der Waals surface area contributed by atoms with Crippen molar-refractivity contribution in [2.75, 3.05) is 6.54 Å². The maximum Gasteiger partial charge on any atom is 0.233 e. The molecule has 1 amide bonds. The first-order valence-electron chi connectivity index (χ1n) is 4.93. The van der Waals surface area contributed by atoms with Crippen LogP contribution in [0.3, 0.4) is 0 Å². The molecule has 5 heteroatoms. The molecule has 3 N–H and O–H groups in total. The topological polar surface area (TPSA) is 69.6 Å². The summed E-state index contributed by atoms with van der Waals surface area (Å²) < 4.78 is 0. The molecular formula is C11H14BrNO3. The summed E-state index contributed by atoms with van der Waals surface area (Å²) in [6.45, 7) is 2.25. The van der Waals surface area contributed by atoms with Crippen LogP contribution in [0, 0.1) is 0 Å². The fourth-order valence-electron chi connectivity index (χ4n) is 1.20. The summed E-state index contributed by atoms with van der Waals surface area (Å²) in [4.78, 5) is 11.0. The van der Waals surface area contributed by atoms with Crippen LogP contribution >= 0.6 is 15.9 Å². The first-order valence-corrected chi connectivity index (χ1v) is 5.85. The molecule has 0 aromatic heterocycles. The molecule has 1 rings (SSSR count). The Balaban J connectivity index is 2.43. The van der Waals surface area contributed by atoms with E-state index in [1.165, 1.54) is 12.1 Å². The molecule has 0 saturated heterocycles. The number of alkyl halides is 1. The van der Waals surface area contributed by atoms with E-state index in [2.05, 4.69) is 21.2 Å². The van der Waals surface area contributed by atoms with Crippen molar-refractivity contribution in [1.29, 1.82) is 0 Å². The van der Waals surface area contributed by atoms with Gasteiger partial charge in [0.05, 0.1) is 4.83 Å². The van der Waals surface area contributed by atoms with Gasteiger partial charge in [-0.05, 0) is 31.0 Å². The molecule has 0 aliphatic rings. The smallest absolute Gasteiger partial charge is 0.233 e. The molecule has 0 aliphatic carbocycles. The summed E-state index contributed by atoms with van der Waals surface area (Å²) >= 11 is 3.16. The number of halogens is 1. The van der Waals surface area contributed by atoms with Crippen LogP contribution in [-0.4, -0.2) is 27.5 Å². The molecule has 1 unspecified atom stereocenters. The number of amides is 1. The zero-order valence-electron chi connectivity index (χ0n) is 8.90. The monoisotopic (exact) mass is 287 g/mol. The van der Waals surface area contributed by atoms with Gasteiger partial charge in [-0.1, -0.05) is 22.0 Å². The maximum atomic E-state index is 11.2. The van der Waals surface area contributed by atoms with Gasteiger partial charge in [-0.25, -0.2) is 0 Å². The third kappa shape index (κ3) is 3.73. The Morgan fingerprint density at radius 2 is 2.12 bits per heavy atom. The number of nitrogens with one attached hydrogen (secondary N) is 1. The van der Waals surface area contributed by atoms with Crippen molar-refractivity contribution in [3.8, 4) is 11.5 Å². The van der Waals surface area contributed by atoms with Crippen LogP contribution in [0.4, 0.5) is 0 Å². The molecule has 0 heterocycles. The van der Waals surface area contributed by atoms with E-state index < -0.39 is 0 Å². The van der Waals surface area contributed by atoms with Gasteiger partial charge in [0.15, 0.2) is 11.5 Å². The molecule has 0 fully saturated rings. The minimum absolute atomic E-state index is 0.0667. The number of carbonyl (C=O) groups is 1. The normalized spacial score (nSPS) is 12.1. The number of phenols is 2. The lowest BCUT2D eigenvalue weighted by Crippen LogP contribution is -2.30. The minimum atomic E-state index is -0.208. The summed E-state index contributed by atoms with van der Waals surface area (Å²) in [6.07, 6.45) is 0.610. The summed E-state index contributed by atoms with van der Waals surface area (Å²) in [6, 6.07) is 4.62. The van der Waals surface area contributed by atoms with E-state index in [1.807, 2.05) is 0 Å². The number of aromatic hydroxyl groups is 2. The summed E-state index contributed by atoms with van der Waals surface area (Å²) in [5.41, 5.74) is 0.859. The molecule has 0 radical (unpaired) electrons. The van der Waals surface area contributed by atoms with E-state index >= 15 is 0 Å². The molecule has 0 aliphatic heterocycles. The number of hydrogen-bond acceptors (Lipinski definition) is 3. The number of hydrogen-bond donors (Lipinski definition) is 3. The van der Waals surface area contributed by atoms with Crippen LogP contribution in [0.2, 0.25) is 0 Å². The fourth-order valence-corrected chi connectivity index (χ4v) is 1.36. The highest BCUT2D eigenvalue weighted by molar-refractivity contribution is 9.10. The highest BCUT2D eigenvalue weighted by atomic mass is 79.9. The SMILES string of the molecule is CC(Br)C(=O)NCCc1ccc(O)c(O)c1. The quantitative estimate of drug-likeness (QED) is 0.581. The van der Waals surface area contributed by atoms with Gasteiger partial charge in [0.1, 0.15) is 0 Å². The lowest BCUT2D eigenvalue weighted by molar-refractivity contribution is -0.120. The molecule has 0 bridgehead atoms. The van der Waals surface area contributed by atoms with E-state index in [9.17, 15) is 9.90 Å². The van der Waals surface area contributed by atoms with Gasteiger partial charge >= 0.3 is 0 Å². The van der Waals surface area contributed by atoms with Crippen molar-refractivity contribution < 1.29 is 15.0 Å². The molecule has 0 spiro atoms.